The van der Waals surface area contributed by atoms with Gasteiger partial charge in [-0.15, -0.1) is 0 Å². The highest BCUT2D eigenvalue weighted by Crippen LogP contribution is 2.38. The van der Waals surface area contributed by atoms with Gasteiger partial charge in [0.05, 0.1) is 19.0 Å². The van der Waals surface area contributed by atoms with Gasteiger partial charge in [0.25, 0.3) is 5.91 Å². The molecule has 0 spiro atoms. The van der Waals surface area contributed by atoms with E-state index in [1.165, 1.54) is 13.2 Å². The molecule has 0 bridgehead atoms. The molecule has 0 radical (unpaired) electrons. The molecule has 40 heavy (non-hydrogen) atoms. The highest BCUT2D eigenvalue weighted by atomic mass is 19.3. The molecule has 2 aromatic heterocycles. The zero-order valence-electron chi connectivity index (χ0n) is 23.4. The third kappa shape index (κ3) is 6.16. The average Bonchev–Trinajstić information content (AvgIpc) is 3.61. The van der Waals surface area contributed by atoms with Crippen molar-refractivity contribution in [3.8, 4) is 22.8 Å². The minimum Gasteiger partial charge on any atom is -0.496 e. The predicted octanol–water partition coefficient (Wildman–Crippen LogP) is 5.97. The van der Waals surface area contributed by atoms with Gasteiger partial charge in [0.2, 0.25) is 0 Å². The number of methoxy groups -OCH3 is 1. The Morgan fingerprint density at radius 2 is 1.93 bits per heavy atom. The molecule has 1 amide bonds. The summed E-state index contributed by atoms with van der Waals surface area (Å²) in [4.78, 5) is 19.7. The summed E-state index contributed by atoms with van der Waals surface area (Å²) in [5, 5.41) is 2.82. The van der Waals surface area contributed by atoms with Gasteiger partial charge in [0.1, 0.15) is 28.3 Å². The number of fused-ring (bicyclic) bond motifs is 1. The SMILES string of the molecule is C=C(OC(C)(C)C)N1CCCC(c2ccn3c(-c4cc(OC)c(C(=O)NC5CC5)c(OC(F)F)c4)cnc3c2)C1. The molecule has 10 heteroatoms. The standard InChI is InChI=1S/C30H36F2N4O4/c1-18(40-30(2,3)4)35-11-6-7-20(17-35)19-10-12-36-23(16-33-26(36)15-19)21-13-24(38-5)27(25(14-21)39-29(31)32)28(37)34-22-8-9-22/h10,12-16,20,22,29H,1,6-9,11,17H2,2-5H3,(H,34,37). The van der Waals surface area contributed by atoms with Crippen LogP contribution in [0, 0.1) is 0 Å². The van der Waals surface area contributed by atoms with Crippen LogP contribution >= 0.6 is 0 Å². The van der Waals surface area contributed by atoms with Gasteiger partial charge in [-0.2, -0.15) is 8.78 Å². The lowest BCUT2D eigenvalue weighted by molar-refractivity contribution is -0.0502. The van der Waals surface area contributed by atoms with Crippen molar-refractivity contribution in [1.82, 2.24) is 19.6 Å². The Kier molecular flexibility index (Phi) is 7.61. The van der Waals surface area contributed by atoms with Crippen molar-refractivity contribution in [3.63, 3.8) is 0 Å². The number of hydrogen-bond donors (Lipinski definition) is 1. The first-order valence-electron chi connectivity index (χ1n) is 13.6. The summed E-state index contributed by atoms with van der Waals surface area (Å²) in [6.45, 7) is 8.79. The fourth-order valence-electron chi connectivity index (χ4n) is 5.15. The van der Waals surface area contributed by atoms with Crippen LogP contribution in [0.4, 0.5) is 8.78 Å². The molecule has 1 atom stereocenters. The fourth-order valence-corrected chi connectivity index (χ4v) is 5.15. The molecule has 1 saturated carbocycles. The van der Waals surface area contributed by atoms with Crippen molar-refractivity contribution in [1.29, 1.82) is 0 Å². The van der Waals surface area contributed by atoms with Gasteiger partial charge < -0.3 is 24.4 Å². The Hall–Kier alpha value is -3.82. The summed E-state index contributed by atoms with van der Waals surface area (Å²) in [6, 6.07) is 7.25. The molecule has 1 saturated heterocycles. The minimum atomic E-state index is -3.10. The molecule has 2 aliphatic rings. The summed E-state index contributed by atoms with van der Waals surface area (Å²) in [5.41, 5.74) is 2.72. The molecular formula is C30H36F2N4O4. The number of imidazole rings is 1. The Labute approximate surface area is 232 Å². The number of aromatic nitrogens is 2. The number of ether oxygens (including phenoxy) is 3. The smallest absolute Gasteiger partial charge is 0.387 e. The van der Waals surface area contributed by atoms with E-state index in [4.69, 9.17) is 14.2 Å². The number of carbonyl (C=O) groups excluding carboxylic acids is 1. The van der Waals surface area contributed by atoms with Gasteiger partial charge in [0.15, 0.2) is 5.88 Å². The Balaban J connectivity index is 1.44. The maximum Gasteiger partial charge on any atom is 0.387 e. The Bertz CT molecular complexity index is 1410. The lowest BCUT2D eigenvalue weighted by atomic mass is 9.91. The highest BCUT2D eigenvalue weighted by Gasteiger charge is 2.30. The summed E-state index contributed by atoms with van der Waals surface area (Å²) in [7, 11) is 1.40. The summed E-state index contributed by atoms with van der Waals surface area (Å²) in [6.07, 6.45) is 7.39. The Morgan fingerprint density at radius 1 is 1.18 bits per heavy atom. The topological polar surface area (TPSA) is 77.3 Å². The van der Waals surface area contributed by atoms with Crippen molar-refractivity contribution in [2.24, 2.45) is 0 Å². The van der Waals surface area contributed by atoms with Crippen molar-refractivity contribution >= 4 is 11.6 Å². The van der Waals surface area contributed by atoms with Crippen LogP contribution in [-0.4, -0.2) is 58.6 Å². The second kappa shape index (κ2) is 11.0. The van der Waals surface area contributed by atoms with Crippen LogP contribution < -0.4 is 14.8 Å². The molecule has 3 aromatic rings. The molecule has 1 aliphatic heterocycles. The van der Waals surface area contributed by atoms with Crippen molar-refractivity contribution in [2.75, 3.05) is 20.2 Å². The van der Waals surface area contributed by atoms with Crippen molar-refractivity contribution in [2.45, 2.75) is 70.6 Å². The first-order chi connectivity index (χ1) is 19.0. The van der Waals surface area contributed by atoms with E-state index in [2.05, 4.69) is 33.9 Å². The summed E-state index contributed by atoms with van der Waals surface area (Å²) in [5.74, 6) is 0.384. The van der Waals surface area contributed by atoms with E-state index < -0.39 is 12.5 Å². The van der Waals surface area contributed by atoms with E-state index in [0.29, 0.717) is 17.1 Å². The van der Waals surface area contributed by atoms with E-state index in [9.17, 15) is 13.6 Å². The number of amides is 1. The van der Waals surface area contributed by atoms with Gasteiger partial charge in [-0.25, -0.2) is 4.98 Å². The zero-order chi connectivity index (χ0) is 28.6. The number of hydrogen-bond acceptors (Lipinski definition) is 6. The van der Waals surface area contributed by atoms with Gasteiger partial charge in [-0.3, -0.25) is 9.20 Å². The van der Waals surface area contributed by atoms with E-state index in [-0.39, 0.29) is 34.6 Å². The first-order valence-corrected chi connectivity index (χ1v) is 13.6. The normalized spacial score (nSPS) is 17.7. The van der Waals surface area contributed by atoms with E-state index >= 15 is 0 Å². The zero-order valence-corrected chi connectivity index (χ0v) is 23.4. The number of likely N-dealkylation sites (tertiary alicyclic amines) is 1. The van der Waals surface area contributed by atoms with E-state index in [1.807, 2.05) is 31.4 Å². The van der Waals surface area contributed by atoms with Crippen LogP contribution in [0.15, 0.2) is 49.1 Å². The molecule has 2 fully saturated rings. The predicted molar refractivity (Wildman–Crippen MR) is 148 cm³/mol. The van der Waals surface area contributed by atoms with Crippen LogP contribution in [0.5, 0.6) is 11.5 Å². The highest BCUT2D eigenvalue weighted by molar-refractivity contribution is 6.01. The maximum absolute atomic E-state index is 13.4. The van der Waals surface area contributed by atoms with E-state index in [1.54, 1.807) is 12.3 Å². The van der Waals surface area contributed by atoms with Crippen LogP contribution in [0.3, 0.4) is 0 Å². The number of carbonyl (C=O) groups is 1. The molecule has 5 rings (SSSR count). The number of rotatable bonds is 9. The number of piperidine rings is 1. The van der Waals surface area contributed by atoms with Gasteiger partial charge in [-0.05, 0) is 82.9 Å². The number of nitrogens with zero attached hydrogens (tertiary/aromatic N) is 3. The van der Waals surface area contributed by atoms with Crippen molar-refractivity contribution < 1.29 is 27.8 Å². The van der Waals surface area contributed by atoms with Crippen LogP contribution in [0.1, 0.15) is 68.3 Å². The lowest BCUT2D eigenvalue weighted by Gasteiger charge is -2.37. The minimum absolute atomic E-state index is 0.0459. The molecular weight excluding hydrogens is 518 g/mol. The fraction of sp³-hybridized carbons (Fsp3) is 0.467. The molecule has 3 heterocycles. The largest absolute Gasteiger partial charge is 0.496 e. The number of nitrogens with one attached hydrogen (secondary N) is 1. The monoisotopic (exact) mass is 554 g/mol. The quantitative estimate of drug-likeness (QED) is 0.329. The van der Waals surface area contributed by atoms with Gasteiger partial charge >= 0.3 is 6.61 Å². The summed E-state index contributed by atoms with van der Waals surface area (Å²) < 4.78 is 44.8. The summed E-state index contributed by atoms with van der Waals surface area (Å²) >= 11 is 0. The third-order valence-electron chi connectivity index (χ3n) is 7.14. The second-order valence-corrected chi connectivity index (χ2v) is 11.4. The second-order valence-electron chi connectivity index (χ2n) is 11.4. The van der Waals surface area contributed by atoms with E-state index in [0.717, 1.165) is 50.0 Å². The number of pyridine rings is 1. The van der Waals surface area contributed by atoms with Gasteiger partial charge in [0, 0.05) is 36.8 Å². The lowest BCUT2D eigenvalue weighted by Crippen LogP contribution is -2.36. The molecule has 1 aromatic carbocycles. The van der Waals surface area contributed by atoms with Crippen LogP contribution in [0.25, 0.3) is 16.9 Å². The van der Waals surface area contributed by atoms with Crippen LogP contribution in [0.2, 0.25) is 0 Å². The number of alkyl halides is 2. The number of halogens is 2. The molecule has 8 nitrogen and oxygen atoms in total. The molecule has 1 aliphatic carbocycles. The molecule has 1 N–H and O–H groups in total. The van der Waals surface area contributed by atoms with Crippen LogP contribution in [-0.2, 0) is 4.74 Å². The molecule has 1 unspecified atom stereocenters. The third-order valence-corrected chi connectivity index (χ3v) is 7.14. The average molecular weight is 555 g/mol. The van der Waals surface area contributed by atoms with Gasteiger partial charge in [-0.1, -0.05) is 0 Å². The number of benzene rings is 1. The first kappa shape index (κ1) is 27.7. The van der Waals surface area contributed by atoms with Crippen molar-refractivity contribution in [3.05, 3.63) is 60.2 Å². The maximum atomic E-state index is 13.4. The Morgan fingerprint density at radius 3 is 2.60 bits per heavy atom. The molecule has 214 valence electrons.